The average Bonchev–Trinajstić information content (AvgIpc) is 2.94. The van der Waals surface area contributed by atoms with Crippen LogP contribution in [-0.4, -0.2) is 53.7 Å². The molecule has 1 aromatic heterocycles. The first-order chi connectivity index (χ1) is 12.3. The second kappa shape index (κ2) is 7.08. The van der Waals surface area contributed by atoms with Crippen LogP contribution in [-0.2, 0) is 10.0 Å². The monoisotopic (exact) mass is 378 g/mol. The van der Waals surface area contributed by atoms with Gasteiger partial charge in [0.2, 0.25) is 10.0 Å². The Kier molecular flexibility index (Phi) is 5.01. The summed E-state index contributed by atoms with van der Waals surface area (Å²) in [6, 6.07) is 5.99. The summed E-state index contributed by atoms with van der Waals surface area (Å²) in [5.74, 6) is -0.118. The minimum Gasteiger partial charge on any atom is -0.508 e. The van der Waals surface area contributed by atoms with E-state index in [-0.39, 0.29) is 22.6 Å². The molecule has 26 heavy (non-hydrogen) atoms. The maximum absolute atomic E-state index is 12.6. The maximum Gasteiger partial charge on any atom is 0.253 e. The molecule has 0 unspecified atom stereocenters. The number of nitrogens with one attached hydrogen (secondary N) is 2. The van der Waals surface area contributed by atoms with Crippen LogP contribution in [0.3, 0.4) is 0 Å². The van der Waals surface area contributed by atoms with E-state index in [1.165, 1.54) is 12.1 Å². The van der Waals surface area contributed by atoms with E-state index in [1.807, 2.05) is 0 Å². The molecular weight excluding hydrogens is 356 g/mol. The summed E-state index contributed by atoms with van der Waals surface area (Å²) in [6.45, 7) is 4.22. The standard InChI is InChI=1S/C17H22N4O4S/c1-11-16(12(2)19-18-11)26(24,25)20-14-6-8-21(9-7-14)17(23)13-4-3-5-15(22)10-13/h3-5,10,14,20,22H,6-9H2,1-2H3,(H,18,19). The number of carbonyl (C=O) groups excluding carboxylic acids is 1. The van der Waals surface area contributed by atoms with E-state index in [1.54, 1.807) is 30.9 Å². The van der Waals surface area contributed by atoms with Crippen molar-refractivity contribution in [1.82, 2.24) is 19.8 Å². The Morgan fingerprint density at radius 3 is 2.58 bits per heavy atom. The van der Waals surface area contributed by atoms with Crippen molar-refractivity contribution < 1.29 is 18.3 Å². The minimum absolute atomic E-state index is 0.0457. The first-order valence-electron chi connectivity index (χ1n) is 8.40. The molecule has 2 heterocycles. The highest BCUT2D eigenvalue weighted by atomic mass is 32.2. The van der Waals surface area contributed by atoms with Crippen LogP contribution in [0.5, 0.6) is 5.75 Å². The highest BCUT2D eigenvalue weighted by Gasteiger charge is 2.29. The van der Waals surface area contributed by atoms with Crippen LogP contribution in [0.1, 0.15) is 34.6 Å². The summed E-state index contributed by atoms with van der Waals surface area (Å²) in [7, 11) is -3.65. The van der Waals surface area contributed by atoms with Crippen molar-refractivity contribution in [2.45, 2.75) is 37.6 Å². The number of aryl methyl sites for hydroxylation is 2. The van der Waals surface area contributed by atoms with Gasteiger partial charge in [-0.15, -0.1) is 0 Å². The zero-order chi connectivity index (χ0) is 18.9. The summed E-state index contributed by atoms with van der Waals surface area (Å²) < 4.78 is 27.9. The summed E-state index contributed by atoms with van der Waals surface area (Å²) >= 11 is 0. The molecule has 0 radical (unpaired) electrons. The van der Waals surface area contributed by atoms with E-state index in [9.17, 15) is 18.3 Å². The fourth-order valence-corrected chi connectivity index (χ4v) is 4.91. The number of sulfonamides is 1. The Bertz CT molecular complexity index is 895. The van der Waals surface area contributed by atoms with Crippen LogP contribution in [0.2, 0.25) is 0 Å². The van der Waals surface area contributed by atoms with E-state index in [2.05, 4.69) is 14.9 Å². The number of phenols is 1. The van der Waals surface area contributed by atoms with Gasteiger partial charge in [-0.3, -0.25) is 9.89 Å². The van der Waals surface area contributed by atoms with Crippen molar-refractivity contribution >= 4 is 15.9 Å². The summed E-state index contributed by atoms with van der Waals surface area (Å²) in [5, 5.41) is 16.1. The van der Waals surface area contributed by atoms with E-state index in [0.29, 0.717) is 42.9 Å². The van der Waals surface area contributed by atoms with Gasteiger partial charge in [-0.1, -0.05) is 6.07 Å². The number of benzene rings is 1. The number of aromatic hydroxyl groups is 1. The van der Waals surface area contributed by atoms with Gasteiger partial charge in [0, 0.05) is 24.7 Å². The highest BCUT2D eigenvalue weighted by Crippen LogP contribution is 2.21. The van der Waals surface area contributed by atoms with Gasteiger partial charge in [0.1, 0.15) is 10.6 Å². The smallest absolute Gasteiger partial charge is 0.253 e. The number of hydrogen-bond acceptors (Lipinski definition) is 5. The molecule has 1 amide bonds. The maximum atomic E-state index is 12.6. The molecule has 3 N–H and O–H groups in total. The lowest BCUT2D eigenvalue weighted by Gasteiger charge is -2.32. The number of rotatable bonds is 4. The SMILES string of the molecule is Cc1n[nH]c(C)c1S(=O)(=O)NC1CCN(C(=O)c2cccc(O)c2)CC1. The molecule has 140 valence electrons. The molecule has 2 aromatic rings. The summed E-state index contributed by atoms with van der Waals surface area (Å²) in [6.07, 6.45) is 1.06. The van der Waals surface area contributed by atoms with E-state index < -0.39 is 10.0 Å². The Labute approximate surface area is 152 Å². The third kappa shape index (κ3) is 3.73. The molecule has 3 rings (SSSR count). The predicted octanol–water partition coefficient (Wildman–Crippen LogP) is 1.32. The van der Waals surface area contributed by atoms with Crippen LogP contribution in [0.15, 0.2) is 29.2 Å². The molecule has 0 bridgehead atoms. The largest absolute Gasteiger partial charge is 0.508 e. The Morgan fingerprint density at radius 2 is 2.00 bits per heavy atom. The molecule has 1 aliphatic rings. The fraction of sp³-hybridized carbons (Fsp3) is 0.412. The number of aromatic nitrogens is 2. The molecule has 1 aliphatic heterocycles. The second-order valence-corrected chi connectivity index (χ2v) is 8.15. The number of likely N-dealkylation sites (tertiary alicyclic amines) is 1. The van der Waals surface area contributed by atoms with Crippen LogP contribution < -0.4 is 4.72 Å². The number of H-pyrrole nitrogens is 1. The van der Waals surface area contributed by atoms with E-state index in [0.717, 1.165) is 0 Å². The zero-order valence-electron chi connectivity index (χ0n) is 14.7. The normalized spacial score (nSPS) is 16.0. The number of piperidine rings is 1. The molecule has 1 fully saturated rings. The summed E-state index contributed by atoms with van der Waals surface area (Å²) in [5.41, 5.74) is 1.37. The van der Waals surface area contributed by atoms with Crippen molar-refractivity contribution in [1.29, 1.82) is 0 Å². The molecule has 1 aromatic carbocycles. The molecule has 0 saturated carbocycles. The van der Waals surface area contributed by atoms with Crippen molar-refractivity contribution in [2.24, 2.45) is 0 Å². The van der Waals surface area contributed by atoms with Crippen molar-refractivity contribution in [2.75, 3.05) is 13.1 Å². The number of amides is 1. The lowest BCUT2D eigenvalue weighted by atomic mass is 10.0. The van der Waals surface area contributed by atoms with Crippen LogP contribution in [0, 0.1) is 13.8 Å². The van der Waals surface area contributed by atoms with Gasteiger partial charge in [-0.2, -0.15) is 5.10 Å². The Morgan fingerprint density at radius 1 is 1.31 bits per heavy atom. The minimum atomic E-state index is -3.65. The molecule has 0 atom stereocenters. The number of hydrogen-bond donors (Lipinski definition) is 3. The predicted molar refractivity (Wildman–Crippen MR) is 95.4 cm³/mol. The first-order valence-corrected chi connectivity index (χ1v) is 9.88. The third-order valence-electron chi connectivity index (χ3n) is 4.53. The van der Waals surface area contributed by atoms with Gasteiger partial charge in [0.05, 0.1) is 11.4 Å². The Balaban J connectivity index is 1.63. The highest BCUT2D eigenvalue weighted by molar-refractivity contribution is 7.89. The van der Waals surface area contributed by atoms with Crippen LogP contribution in [0.25, 0.3) is 0 Å². The lowest BCUT2D eigenvalue weighted by molar-refractivity contribution is 0.0711. The summed E-state index contributed by atoms with van der Waals surface area (Å²) in [4.78, 5) is 14.3. The van der Waals surface area contributed by atoms with E-state index >= 15 is 0 Å². The number of aromatic amines is 1. The first kappa shape index (κ1) is 18.4. The van der Waals surface area contributed by atoms with Gasteiger partial charge >= 0.3 is 0 Å². The average molecular weight is 378 g/mol. The van der Waals surface area contributed by atoms with Gasteiger partial charge in [0.15, 0.2) is 0 Å². The van der Waals surface area contributed by atoms with Gasteiger partial charge < -0.3 is 10.0 Å². The topological polar surface area (TPSA) is 115 Å². The molecule has 9 heteroatoms. The number of nitrogens with zero attached hydrogens (tertiary/aromatic N) is 2. The van der Waals surface area contributed by atoms with Crippen molar-refractivity contribution in [3.05, 3.63) is 41.2 Å². The van der Waals surface area contributed by atoms with Crippen molar-refractivity contribution in [3.63, 3.8) is 0 Å². The van der Waals surface area contributed by atoms with Crippen molar-refractivity contribution in [3.8, 4) is 5.75 Å². The van der Waals surface area contributed by atoms with Crippen LogP contribution in [0.4, 0.5) is 0 Å². The number of phenolic OH excluding ortho intramolecular Hbond substituents is 1. The second-order valence-electron chi connectivity index (χ2n) is 6.50. The molecule has 1 saturated heterocycles. The zero-order valence-corrected chi connectivity index (χ0v) is 15.5. The van der Waals surface area contributed by atoms with Crippen LogP contribution >= 0.6 is 0 Å². The van der Waals surface area contributed by atoms with Gasteiger partial charge in [-0.25, -0.2) is 13.1 Å². The van der Waals surface area contributed by atoms with Gasteiger partial charge in [-0.05, 0) is 44.9 Å². The molecular formula is C17H22N4O4S. The van der Waals surface area contributed by atoms with Gasteiger partial charge in [0.25, 0.3) is 5.91 Å². The Hall–Kier alpha value is -2.39. The molecule has 0 spiro atoms. The lowest BCUT2D eigenvalue weighted by Crippen LogP contribution is -2.46. The number of carbonyl (C=O) groups is 1. The van der Waals surface area contributed by atoms with E-state index in [4.69, 9.17) is 0 Å². The molecule has 8 nitrogen and oxygen atoms in total. The fourth-order valence-electron chi connectivity index (χ4n) is 3.24. The third-order valence-corrected chi connectivity index (χ3v) is 6.31. The molecule has 0 aliphatic carbocycles. The quantitative estimate of drug-likeness (QED) is 0.742.